The SMILES string of the molecule is CNS.Cl. The molecule has 0 saturated heterocycles. The number of thiol groups is 1. The van der Waals surface area contributed by atoms with Crippen molar-refractivity contribution in [3.05, 3.63) is 0 Å². The first-order chi connectivity index (χ1) is 1.41. The second kappa shape index (κ2) is 9.51. The van der Waals surface area contributed by atoms with Gasteiger partial charge >= 0.3 is 0 Å². The van der Waals surface area contributed by atoms with Crippen LogP contribution in [0.3, 0.4) is 0 Å². The normalized spacial score (nSPS) is 4.50. The second-order valence-electron chi connectivity index (χ2n) is 0.224. The zero-order valence-electron chi connectivity index (χ0n) is 2.36. The van der Waals surface area contributed by atoms with Crippen molar-refractivity contribution in [3.8, 4) is 0 Å². The highest BCUT2D eigenvalue weighted by Crippen LogP contribution is 1.35. The third kappa shape index (κ3) is 18.5. The summed E-state index contributed by atoms with van der Waals surface area (Å²) in [5.41, 5.74) is 0. The smallest absolute Gasteiger partial charge is 0.00587 e. The average Bonchev–Trinajstić information content (AvgIpc) is 0.918. The molecule has 0 radical (unpaired) electrons. The zero-order chi connectivity index (χ0) is 2.71. The van der Waals surface area contributed by atoms with Gasteiger partial charge in [0.2, 0.25) is 0 Å². The maximum atomic E-state index is 3.54. The lowest BCUT2D eigenvalue weighted by Crippen LogP contribution is -1.76. The van der Waals surface area contributed by atoms with Crippen LogP contribution in [0.2, 0.25) is 0 Å². The molecule has 28 valence electrons. The molecule has 0 aromatic carbocycles. The van der Waals surface area contributed by atoms with Crippen molar-refractivity contribution in [1.29, 1.82) is 0 Å². The van der Waals surface area contributed by atoms with E-state index in [0.29, 0.717) is 0 Å². The fourth-order valence-corrected chi connectivity index (χ4v) is 0. The van der Waals surface area contributed by atoms with Gasteiger partial charge in [-0.25, -0.2) is 0 Å². The van der Waals surface area contributed by atoms with Crippen LogP contribution in [0, 0.1) is 0 Å². The van der Waals surface area contributed by atoms with Gasteiger partial charge in [0.1, 0.15) is 0 Å². The molecule has 0 aliphatic heterocycles. The minimum absolute atomic E-state index is 0. The van der Waals surface area contributed by atoms with Gasteiger partial charge in [-0.2, -0.15) is 0 Å². The van der Waals surface area contributed by atoms with Crippen molar-refractivity contribution in [2.45, 2.75) is 0 Å². The number of halogens is 1. The maximum absolute atomic E-state index is 3.54. The van der Waals surface area contributed by atoms with Crippen LogP contribution in [0.15, 0.2) is 0 Å². The summed E-state index contributed by atoms with van der Waals surface area (Å²) in [6, 6.07) is 0. The standard InChI is InChI=1S/CH5NS.ClH/c1-2-3;/h2-3H,1H3;1H. The molecule has 0 heterocycles. The summed E-state index contributed by atoms with van der Waals surface area (Å²) >= 11 is 3.54. The van der Waals surface area contributed by atoms with Gasteiger partial charge in [0.15, 0.2) is 0 Å². The third-order valence-electron chi connectivity index (χ3n) is 0. The van der Waals surface area contributed by atoms with Gasteiger partial charge in [-0.3, -0.25) is 4.72 Å². The van der Waals surface area contributed by atoms with E-state index >= 15 is 0 Å². The minimum atomic E-state index is 0. The van der Waals surface area contributed by atoms with Crippen molar-refractivity contribution in [3.63, 3.8) is 0 Å². The summed E-state index contributed by atoms with van der Waals surface area (Å²) in [5, 5.41) is 0. The lowest BCUT2D eigenvalue weighted by Gasteiger charge is -1.58. The molecule has 0 atom stereocenters. The molecule has 0 rings (SSSR count). The Morgan fingerprint density at radius 1 is 1.75 bits per heavy atom. The zero-order valence-corrected chi connectivity index (χ0v) is 4.07. The molecule has 0 bridgehead atoms. The number of nitrogens with one attached hydrogen (secondary N) is 1. The van der Waals surface area contributed by atoms with E-state index in [2.05, 4.69) is 17.5 Å². The molecule has 3 heteroatoms. The van der Waals surface area contributed by atoms with E-state index in [1.807, 2.05) is 0 Å². The molecule has 0 aliphatic rings. The van der Waals surface area contributed by atoms with Gasteiger partial charge in [-0.1, -0.05) is 12.8 Å². The molecule has 0 unspecified atom stereocenters. The van der Waals surface area contributed by atoms with Gasteiger partial charge in [-0.15, -0.1) is 12.4 Å². The fourth-order valence-electron chi connectivity index (χ4n) is 0. The van der Waals surface area contributed by atoms with Crippen LogP contribution < -0.4 is 4.72 Å². The number of hydrogen-bond acceptors (Lipinski definition) is 2. The number of hydrogen-bond donors (Lipinski definition) is 2. The molecule has 4 heavy (non-hydrogen) atoms. The van der Waals surface area contributed by atoms with E-state index in [-0.39, 0.29) is 12.4 Å². The van der Waals surface area contributed by atoms with E-state index in [1.54, 1.807) is 7.05 Å². The Kier molecular flexibility index (Phi) is 21.0. The van der Waals surface area contributed by atoms with Crippen LogP contribution in [0.25, 0.3) is 0 Å². The van der Waals surface area contributed by atoms with Crippen LogP contribution in [-0.4, -0.2) is 7.05 Å². The van der Waals surface area contributed by atoms with E-state index in [1.165, 1.54) is 0 Å². The van der Waals surface area contributed by atoms with Crippen molar-refractivity contribution >= 4 is 25.2 Å². The predicted octanol–water partition coefficient (Wildman–Crippen LogP) is 0.472. The third-order valence-corrected chi connectivity index (χ3v) is 0. The quantitative estimate of drug-likeness (QED) is 0.421. The molecule has 0 aromatic rings. The Balaban J connectivity index is 0. The van der Waals surface area contributed by atoms with Crippen LogP contribution in [-0.2, 0) is 0 Å². The topological polar surface area (TPSA) is 12.0 Å². The second-order valence-corrected chi connectivity index (χ2v) is 0.671. The van der Waals surface area contributed by atoms with Crippen molar-refractivity contribution < 1.29 is 0 Å². The van der Waals surface area contributed by atoms with E-state index in [0.717, 1.165) is 0 Å². The summed E-state index contributed by atoms with van der Waals surface area (Å²) in [5.74, 6) is 0. The molecule has 0 fully saturated rings. The Hall–Kier alpha value is 0.600. The van der Waals surface area contributed by atoms with E-state index < -0.39 is 0 Å². The lowest BCUT2D eigenvalue weighted by molar-refractivity contribution is 1.32. The molecule has 0 aromatic heterocycles. The van der Waals surface area contributed by atoms with Crippen LogP contribution >= 0.6 is 25.2 Å². The molecule has 1 nitrogen and oxygen atoms in total. The van der Waals surface area contributed by atoms with E-state index in [4.69, 9.17) is 0 Å². The maximum Gasteiger partial charge on any atom is -0.00587 e. The Morgan fingerprint density at radius 3 is 1.75 bits per heavy atom. The summed E-state index contributed by atoms with van der Waals surface area (Å²) < 4.78 is 2.44. The highest BCUT2D eigenvalue weighted by atomic mass is 35.5. The minimum Gasteiger partial charge on any atom is -0.270 e. The summed E-state index contributed by atoms with van der Waals surface area (Å²) in [6.07, 6.45) is 0. The van der Waals surface area contributed by atoms with Crippen molar-refractivity contribution in [1.82, 2.24) is 4.72 Å². The van der Waals surface area contributed by atoms with Crippen molar-refractivity contribution in [2.75, 3.05) is 7.05 Å². The highest BCUT2D eigenvalue weighted by molar-refractivity contribution is 7.78. The first-order valence-electron chi connectivity index (χ1n) is 0.724. The lowest BCUT2D eigenvalue weighted by atomic mass is 11.6. The number of rotatable bonds is 0. The summed E-state index contributed by atoms with van der Waals surface area (Å²) in [4.78, 5) is 0. The highest BCUT2D eigenvalue weighted by Gasteiger charge is 1.26. The largest absolute Gasteiger partial charge is 0.270 e. The fraction of sp³-hybridized carbons (Fsp3) is 1.00. The first-order valence-corrected chi connectivity index (χ1v) is 1.17. The van der Waals surface area contributed by atoms with Gasteiger partial charge < -0.3 is 0 Å². The molecular formula is CH6ClNS. The predicted molar refractivity (Wildman–Crippen MR) is 25.3 cm³/mol. The summed E-state index contributed by atoms with van der Waals surface area (Å²) in [7, 11) is 1.74. The Bertz CT molecular complexity index is 8.00. The van der Waals surface area contributed by atoms with Crippen LogP contribution in [0.5, 0.6) is 0 Å². The van der Waals surface area contributed by atoms with Gasteiger partial charge in [0.25, 0.3) is 0 Å². The summed E-state index contributed by atoms with van der Waals surface area (Å²) in [6.45, 7) is 0. The van der Waals surface area contributed by atoms with Crippen molar-refractivity contribution in [2.24, 2.45) is 0 Å². The van der Waals surface area contributed by atoms with Gasteiger partial charge in [-0.05, 0) is 7.05 Å². The average molecular weight is 99.6 g/mol. The molecule has 1 N–H and O–H groups in total. The first kappa shape index (κ1) is 8.82. The molecule has 0 aliphatic carbocycles. The molecular weight excluding hydrogens is 93.5 g/mol. The van der Waals surface area contributed by atoms with Gasteiger partial charge in [0, 0.05) is 0 Å². The monoisotopic (exact) mass is 99.0 g/mol. The Morgan fingerprint density at radius 2 is 1.75 bits per heavy atom. The molecule has 0 spiro atoms. The molecule has 0 amide bonds. The van der Waals surface area contributed by atoms with Gasteiger partial charge in [0.05, 0.1) is 0 Å². The Labute approximate surface area is 37.7 Å². The van der Waals surface area contributed by atoms with E-state index in [9.17, 15) is 0 Å². The van der Waals surface area contributed by atoms with Crippen LogP contribution in [0.4, 0.5) is 0 Å². The molecule has 0 saturated carbocycles. The van der Waals surface area contributed by atoms with Crippen LogP contribution in [0.1, 0.15) is 0 Å².